The molecule has 1 heterocycles. The number of hydrogen-bond donors (Lipinski definition) is 2. The molecule has 0 fully saturated rings. The molecule has 4 N–H and O–H groups in total. The molecule has 12 heteroatoms. The minimum absolute atomic E-state index is 0.0255. The zero-order valence-corrected chi connectivity index (χ0v) is 14.9. The van der Waals surface area contributed by atoms with Crippen LogP contribution in [0, 0.1) is 10.1 Å². The molecule has 0 aliphatic heterocycles. The predicted octanol–water partition coefficient (Wildman–Crippen LogP) is 2.99. The maximum absolute atomic E-state index is 12.1. The second-order valence-corrected chi connectivity index (χ2v) is 5.95. The Labute approximate surface area is 160 Å². The Bertz CT molecular complexity index is 935. The van der Waals surface area contributed by atoms with Gasteiger partial charge in [-0.05, 0) is 12.1 Å². The van der Waals surface area contributed by atoms with Crippen LogP contribution in [0.2, 0.25) is 15.2 Å². The number of primary amides is 1. The highest BCUT2D eigenvalue weighted by atomic mass is 35.5. The molecule has 0 saturated heterocycles. The first kappa shape index (κ1) is 19.7. The summed E-state index contributed by atoms with van der Waals surface area (Å²) in [5.74, 6) is -1.85. The van der Waals surface area contributed by atoms with Crippen LogP contribution in [0.5, 0.6) is 0 Å². The molecule has 0 aliphatic rings. The largest absolute Gasteiger partial charge is 0.456 e. The second kappa shape index (κ2) is 7.73. The summed E-state index contributed by atoms with van der Waals surface area (Å²) in [5, 5.41) is 10.5. The number of esters is 1. The van der Waals surface area contributed by atoms with Crippen molar-refractivity contribution < 1.29 is 19.2 Å². The van der Waals surface area contributed by atoms with Gasteiger partial charge in [0, 0.05) is 11.6 Å². The van der Waals surface area contributed by atoms with Gasteiger partial charge in [-0.15, -0.1) is 0 Å². The summed E-state index contributed by atoms with van der Waals surface area (Å²) in [5.41, 5.74) is 9.66. The number of aromatic nitrogens is 1. The quantitative estimate of drug-likeness (QED) is 0.327. The number of benzene rings is 1. The molecule has 0 bridgehead atoms. The summed E-state index contributed by atoms with van der Waals surface area (Å²) in [6, 6.07) is 3.48. The summed E-state index contributed by atoms with van der Waals surface area (Å²) in [7, 11) is 0. The summed E-state index contributed by atoms with van der Waals surface area (Å²) < 4.78 is 4.97. The lowest BCUT2D eigenvalue weighted by Gasteiger charge is -2.10. The molecular formula is C14H9Cl3N4O5. The number of nitrogens with zero attached hydrogens (tertiary/aromatic N) is 2. The van der Waals surface area contributed by atoms with E-state index < -0.39 is 34.8 Å². The van der Waals surface area contributed by atoms with Gasteiger partial charge in [0.25, 0.3) is 5.69 Å². The average molecular weight is 420 g/mol. The van der Waals surface area contributed by atoms with E-state index in [9.17, 15) is 19.7 Å². The fourth-order valence-electron chi connectivity index (χ4n) is 1.89. The molecule has 136 valence electrons. The number of carbonyl (C=O) groups is 2. The number of nitrogen functional groups attached to an aromatic ring is 1. The highest BCUT2D eigenvalue weighted by Gasteiger charge is 2.23. The van der Waals surface area contributed by atoms with Crippen LogP contribution in [0.15, 0.2) is 18.2 Å². The molecule has 0 unspecified atom stereocenters. The van der Waals surface area contributed by atoms with Crippen molar-refractivity contribution in [3.63, 3.8) is 0 Å². The van der Waals surface area contributed by atoms with E-state index in [0.717, 1.165) is 6.07 Å². The Kier molecular flexibility index (Phi) is 5.86. The van der Waals surface area contributed by atoms with Crippen LogP contribution in [0.1, 0.15) is 26.4 Å². The lowest BCUT2D eigenvalue weighted by Crippen LogP contribution is -2.13. The number of halogens is 3. The molecular weight excluding hydrogens is 411 g/mol. The van der Waals surface area contributed by atoms with Crippen molar-refractivity contribution in [3.8, 4) is 0 Å². The normalized spacial score (nSPS) is 10.4. The van der Waals surface area contributed by atoms with Gasteiger partial charge >= 0.3 is 5.97 Å². The van der Waals surface area contributed by atoms with Crippen molar-refractivity contribution in [2.24, 2.45) is 5.73 Å². The molecule has 1 aromatic heterocycles. The van der Waals surface area contributed by atoms with Crippen molar-refractivity contribution >= 4 is 58.1 Å². The van der Waals surface area contributed by atoms with Crippen molar-refractivity contribution in [1.82, 2.24) is 4.98 Å². The molecule has 2 aromatic rings. The summed E-state index contributed by atoms with van der Waals surface area (Å²) in [6.07, 6.45) is 0. The molecule has 0 radical (unpaired) electrons. The molecule has 0 spiro atoms. The van der Waals surface area contributed by atoms with E-state index in [-0.39, 0.29) is 32.0 Å². The van der Waals surface area contributed by atoms with Crippen LogP contribution >= 0.6 is 34.8 Å². The van der Waals surface area contributed by atoms with Crippen LogP contribution < -0.4 is 11.5 Å². The van der Waals surface area contributed by atoms with Crippen molar-refractivity contribution in [2.45, 2.75) is 6.61 Å². The summed E-state index contributed by atoms with van der Waals surface area (Å²) in [4.78, 5) is 37.3. The smallest absolute Gasteiger partial charge is 0.358 e. The average Bonchev–Trinajstić information content (AvgIpc) is 2.60. The Balaban J connectivity index is 2.28. The first-order valence-electron chi connectivity index (χ1n) is 6.67. The summed E-state index contributed by atoms with van der Waals surface area (Å²) >= 11 is 17.4. The van der Waals surface area contributed by atoms with E-state index in [1.807, 2.05) is 0 Å². The van der Waals surface area contributed by atoms with Crippen LogP contribution in [0.3, 0.4) is 0 Å². The number of pyridine rings is 1. The zero-order chi connectivity index (χ0) is 19.6. The van der Waals surface area contributed by atoms with Crippen molar-refractivity contribution in [3.05, 3.63) is 60.3 Å². The van der Waals surface area contributed by atoms with Gasteiger partial charge in [-0.3, -0.25) is 14.9 Å². The number of nitro groups is 1. The number of amides is 1. The number of carbonyl (C=O) groups excluding carboxylic acids is 2. The fraction of sp³-hybridized carbons (Fsp3) is 0.0714. The Morgan fingerprint density at radius 2 is 1.88 bits per heavy atom. The minimum atomic E-state index is -1.02. The molecule has 26 heavy (non-hydrogen) atoms. The van der Waals surface area contributed by atoms with Gasteiger partial charge in [0.15, 0.2) is 10.8 Å². The van der Waals surface area contributed by atoms with Gasteiger partial charge in [0.1, 0.15) is 11.6 Å². The third-order valence-electron chi connectivity index (χ3n) is 3.19. The molecule has 0 aliphatic carbocycles. The van der Waals surface area contributed by atoms with E-state index in [2.05, 4.69) is 4.98 Å². The number of rotatable bonds is 5. The predicted molar refractivity (Wildman–Crippen MR) is 94.4 cm³/mol. The Hall–Kier alpha value is -2.62. The third kappa shape index (κ3) is 3.96. The van der Waals surface area contributed by atoms with Gasteiger partial charge < -0.3 is 16.2 Å². The minimum Gasteiger partial charge on any atom is -0.456 e. The van der Waals surface area contributed by atoms with Gasteiger partial charge in [0.2, 0.25) is 5.91 Å². The topological polar surface area (TPSA) is 151 Å². The lowest BCUT2D eigenvalue weighted by atomic mass is 10.1. The highest BCUT2D eigenvalue weighted by molar-refractivity contribution is 6.46. The second-order valence-electron chi connectivity index (χ2n) is 4.83. The van der Waals surface area contributed by atoms with Gasteiger partial charge in [-0.1, -0.05) is 34.8 Å². The lowest BCUT2D eigenvalue weighted by molar-refractivity contribution is -0.385. The number of anilines is 1. The van der Waals surface area contributed by atoms with Crippen LogP contribution in [-0.2, 0) is 11.3 Å². The van der Waals surface area contributed by atoms with E-state index >= 15 is 0 Å². The molecule has 1 aromatic carbocycles. The standard InChI is InChI=1S/C14H9Cl3N4O5/c15-8-10(18)9(16)12(17)20-11(8)14(23)26-4-6-2-1-5(13(19)22)3-7(6)21(24)25/h1-3H,4H2,(H2,18,20)(H2,19,22). The van der Waals surface area contributed by atoms with E-state index in [1.165, 1.54) is 12.1 Å². The Morgan fingerprint density at radius 3 is 2.46 bits per heavy atom. The maximum Gasteiger partial charge on any atom is 0.358 e. The number of hydrogen-bond acceptors (Lipinski definition) is 7. The first-order valence-corrected chi connectivity index (χ1v) is 7.81. The molecule has 0 atom stereocenters. The molecule has 2 rings (SSSR count). The molecule has 9 nitrogen and oxygen atoms in total. The first-order chi connectivity index (χ1) is 12.1. The number of ether oxygens (including phenoxy) is 1. The van der Waals surface area contributed by atoms with Crippen LogP contribution in [-0.4, -0.2) is 21.8 Å². The third-order valence-corrected chi connectivity index (χ3v) is 4.33. The number of nitro benzene ring substituents is 1. The van der Waals surface area contributed by atoms with Crippen LogP contribution in [0.25, 0.3) is 0 Å². The Morgan fingerprint density at radius 1 is 1.23 bits per heavy atom. The zero-order valence-electron chi connectivity index (χ0n) is 12.7. The van der Waals surface area contributed by atoms with Crippen molar-refractivity contribution in [2.75, 3.05) is 5.73 Å². The summed E-state index contributed by atoms with van der Waals surface area (Å²) in [6.45, 7) is -0.494. The van der Waals surface area contributed by atoms with Gasteiger partial charge in [-0.2, -0.15) is 0 Å². The number of nitrogens with two attached hydrogens (primary N) is 2. The molecule has 0 saturated carbocycles. The SMILES string of the molecule is NC(=O)c1ccc(COC(=O)c2nc(Cl)c(Cl)c(N)c2Cl)c([N+](=O)[O-])c1. The van der Waals surface area contributed by atoms with Gasteiger partial charge in [0.05, 0.1) is 21.2 Å². The fourth-order valence-corrected chi connectivity index (χ4v) is 2.47. The van der Waals surface area contributed by atoms with E-state index in [0.29, 0.717) is 0 Å². The van der Waals surface area contributed by atoms with Crippen LogP contribution in [0.4, 0.5) is 11.4 Å². The monoisotopic (exact) mass is 418 g/mol. The van der Waals surface area contributed by atoms with Crippen molar-refractivity contribution in [1.29, 1.82) is 0 Å². The molecule has 1 amide bonds. The van der Waals surface area contributed by atoms with E-state index in [4.69, 9.17) is 51.0 Å². The highest BCUT2D eigenvalue weighted by Crippen LogP contribution is 2.34. The maximum atomic E-state index is 12.1. The van der Waals surface area contributed by atoms with Gasteiger partial charge in [-0.25, -0.2) is 9.78 Å². The van der Waals surface area contributed by atoms with E-state index in [1.54, 1.807) is 0 Å².